The third kappa shape index (κ3) is 2.70. The van der Waals surface area contributed by atoms with Gasteiger partial charge in [-0.05, 0) is 36.4 Å². The molecule has 0 bridgehead atoms. The molecule has 0 saturated carbocycles. The highest BCUT2D eigenvalue weighted by atomic mass is 16.1. The highest BCUT2D eigenvalue weighted by Gasteiger charge is 2.04. The molecule has 0 atom stereocenters. The minimum Gasteiger partial charge on any atom is -0.322 e. The van der Waals surface area contributed by atoms with Crippen LogP contribution in [0.5, 0.6) is 0 Å². The lowest BCUT2D eigenvalue weighted by Gasteiger charge is -2.04. The van der Waals surface area contributed by atoms with Crippen molar-refractivity contribution in [1.29, 1.82) is 5.26 Å². The molecule has 0 aliphatic rings. The van der Waals surface area contributed by atoms with E-state index < -0.39 is 0 Å². The fourth-order valence-electron chi connectivity index (χ4n) is 1.42. The summed E-state index contributed by atoms with van der Waals surface area (Å²) in [7, 11) is 0. The normalized spacial score (nSPS) is 9.35. The summed E-state index contributed by atoms with van der Waals surface area (Å²) >= 11 is 0. The van der Waals surface area contributed by atoms with Crippen LogP contribution < -0.4 is 5.32 Å². The van der Waals surface area contributed by atoms with Crippen molar-refractivity contribution >= 4 is 11.6 Å². The van der Waals surface area contributed by atoms with Gasteiger partial charge in [0, 0.05) is 11.3 Å². The number of nitriles is 1. The van der Waals surface area contributed by atoms with Crippen LogP contribution in [0, 0.1) is 11.3 Å². The van der Waals surface area contributed by atoms with Gasteiger partial charge in [-0.1, -0.05) is 18.2 Å². The van der Waals surface area contributed by atoms with Gasteiger partial charge in [-0.3, -0.25) is 4.79 Å². The zero-order valence-electron chi connectivity index (χ0n) is 9.05. The predicted molar refractivity (Wildman–Crippen MR) is 65.6 cm³/mol. The van der Waals surface area contributed by atoms with Crippen molar-refractivity contribution in [2.75, 3.05) is 5.32 Å². The zero-order valence-corrected chi connectivity index (χ0v) is 9.05. The summed E-state index contributed by atoms with van der Waals surface area (Å²) in [6.45, 7) is 0. The third-order valence-electron chi connectivity index (χ3n) is 2.31. The molecule has 0 unspecified atom stereocenters. The van der Waals surface area contributed by atoms with Gasteiger partial charge in [0.05, 0.1) is 11.6 Å². The maximum Gasteiger partial charge on any atom is 0.255 e. The number of nitrogens with one attached hydrogen (secondary N) is 1. The molecule has 0 aliphatic carbocycles. The van der Waals surface area contributed by atoms with Crippen LogP contribution in [0.3, 0.4) is 0 Å². The molecular weight excluding hydrogens is 212 g/mol. The van der Waals surface area contributed by atoms with Crippen LogP contribution >= 0.6 is 0 Å². The lowest BCUT2D eigenvalue weighted by atomic mass is 10.2. The van der Waals surface area contributed by atoms with Crippen LogP contribution in [-0.4, -0.2) is 5.91 Å². The summed E-state index contributed by atoms with van der Waals surface area (Å²) in [5.74, 6) is -0.157. The van der Waals surface area contributed by atoms with Crippen LogP contribution in [0.2, 0.25) is 0 Å². The summed E-state index contributed by atoms with van der Waals surface area (Å²) in [4.78, 5) is 11.8. The summed E-state index contributed by atoms with van der Waals surface area (Å²) in [6, 6.07) is 17.8. The topological polar surface area (TPSA) is 52.9 Å². The SMILES string of the molecule is N#Cc1ccc(NC(=O)c2ccccc2)cc1. The first-order valence-corrected chi connectivity index (χ1v) is 5.16. The van der Waals surface area contributed by atoms with Crippen LogP contribution in [0.15, 0.2) is 54.6 Å². The van der Waals surface area contributed by atoms with Crippen LogP contribution in [0.4, 0.5) is 5.69 Å². The molecule has 0 saturated heterocycles. The second-order valence-electron chi connectivity index (χ2n) is 3.51. The van der Waals surface area contributed by atoms with Crippen molar-refractivity contribution in [2.45, 2.75) is 0 Å². The van der Waals surface area contributed by atoms with Crippen molar-refractivity contribution in [2.24, 2.45) is 0 Å². The fourth-order valence-corrected chi connectivity index (χ4v) is 1.42. The van der Waals surface area contributed by atoms with Gasteiger partial charge in [-0.25, -0.2) is 0 Å². The zero-order chi connectivity index (χ0) is 12.1. The Labute approximate surface area is 99.3 Å². The summed E-state index contributed by atoms with van der Waals surface area (Å²) < 4.78 is 0. The Morgan fingerprint density at radius 3 is 2.24 bits per heavy atom. The molecule has 3 nitrogen and oxygen atoms in total. The highest BCUT2D eigenvalue weighted by molar-refractivity contribution is 6.04. The molecule has 2 rings (SSSR count). The van der Waals surface area contributed by atoms with Gasteiger partial charge in [0.2, 0.25) is 0 Å². The number of amides is 1. The maximum absolute atomic E-state index is 11.8. The molecule has 0 radical (unpaired) electrons. The van der Waals surface area contributed by atoms with E-state index in [4.69, 9.17) is 5.26 Å². The van der Waals surface area contributed by atoms with Gasteiger partial charge in [-0.15, -0.1) is 0 Å². The van der Waals surface area contributed by atoms with E-state index in [1.54, 1.807) is 36.4 Å². The van der Waals surface area contributed by atoms with E-state index in [0.29, 0.717) is 16.8 Å². The Bertz CT molecular complexity index is 553. The minimum atomic E-state index is -0.157. The largest absolute Gasteiger partial charge is 0.322 e. The number of carbonyl (C=O) groups is 1. The monoisotopic (exact) mass is 222 g/mol. The third-order valence-corrected chi connectivity index (χ3v) is 2.31. The molecule has 0 aromatic heterocycles. The molecule has 1 N–H and O–H groups in total. The summed E-state index contributed by atoms with van der Waals surface area (Å²) in [5, 5.41) is 11.4. The number of nitrogens with zero attached hydrogens (tertiary/aromatic N) is 1. The van der Waals surface area contributed by atoms with Crippen molar-refractivity contribution < 1.29 is 4.79 Å². The molecule has 0 heterocycles. The van der Waals surface area contributed by atoms with Crippen molar-refractivity contribution in [1.82, 2.24) is 0 Å². The molecule has 0 fully saturated rings. The van der Waals surface area contributed by atoms with Gasteiger partial charge in [-0.2, -0.15) is 5.26 Å². The van der Waals surface area contributed by atoms with Crippen LogP contribution in [0.1, 0.15) is 15.9 Å². The Balaban J connectivity index is 2.11. The maximum atomic E-state index is 11.8. The number of rotatable bonds is 2. The second kappa shape index (κ2) is 4.95. The van der Waals surface area contributed by atoms with Crippen molar-refractivity contribution in [3.05, 3.63) is 65.7 Å². The van der Waals surface area contributed by atoms with E-state index in [0.717, 1.165) is 0 Å². The minimum absolute atomic E-state index is 0.157. The number of hydrogen-bond acceptors (Lipinski definition) is 2. The average Bonchev–Trinajstić information content (AvgIpc) is 2.40. The van der Waals surface area contributed by atoms with E-state index in [9.17, 15) is 4.79 Å². The molecule has 0 aliphatic heterocycles. The van der Waals surface area contributed by atoms with E-state index in [2.05, 4.69) is 5.32 Å². The van der Waals surface area contributed by atoms with E-state index >= 15 is 0 Å². The van der Waals surface area contributed by atoms with E-state index in [1.807, 2.05) is 24.3 Å². The Morgan fingerprint density at radius 1 is 1.00 bits per heavy atom. The molecule has 2 aromatic rings. The smallest absolute Gasteiger partial charge is 0.255 e. The fraction of sp³-hybridized carbons (Fsp3) is 0. The molecule has 82 valence electrons. The van der Waals surface area contributed by atoms with Gasteiger partial charge >= 0.3 is 0 Å². The number of anilines is 1. The molecule has 1 amide bonds. The number of benzene rings is 2. The second-order valence-corrected chi connectivity index (χ2v) is 3.51. The van der Waals surface area contributed by atoms with Crippen molar-refractivity contribution in [3.63, 3.8) is 0 Å². The standard InChI is InChI=1S/C14H10N2O/c15-10-11-6-8-13(9-7-11)16-14(17)12-4-2-1-3-5-12/h1-9H,(H,16,17). The Morgan fingerprint density at radius 2 is 1.65 bits per heavy atom. The summed E-state index contributed by atoms with van der Waals surface area (Å²) in [6.07, 6.45) is 0. The van der Waals surface area contributed by atoms with E-state index in [1.165, 1.54) is 0 Å². The highest BCUT2D eigenvalue weighted by Crippen LogP contribution is 2.10. The lowest BCUT2D eigenvalue weighted by Crippen LogP contribution is -2.11. The van der Waals surface area contributed by atoms with E-state index in [-0.39, 0.29) is 5.91 Å². The molecule has 17 heavy (non-hydrogen) atoms. The molecule has 2 aromatic carbocycles. The lowest BCUT2D eigenvalue weighted by molar-refractivity contribution is 0.102. The first-order chi connectivity index (χ1) is 8.29. The molecule has 3 heteroatoms. The van der Waals surface area contributed by atoms with Gasteiger partial charge < -0.3 is 5.32 Å². The van der Waals surface area contributed by atoms with Gasteiger partial charge in [0.15, 0.2) is 0 Å². The first-order valence-electron chi connectivity index (χ1n) is 5.16. The molecule has 0 spiro atoms. The quantitative estimate of drug-likeness (QED) is 0.849. The van der Waals surface area contributed by atoms with Crippen LogP contribution in [-0.2, 0) is 0 Å². The first kappa shape index (κ1) is 10.9. The van der Waals surface area contributed by atoms with Crippen molar-refractivity contribution in [3.8, 4) is 6.07 Å². The number of hydrogen-bond donors (Lipinski definition) is 1. The summed E-state index contributed by atoms with van der Waals surface area (Å²) in [5.41, 5.74) is 1.86. The Kier molecular flexibility index (Phi) is 3.18. The number of carbonyl (C=O) groups excluding carboxylic acids is 1. The van der Waals surface area contributed by atoms with Gasteiger partial charge in [0.1, 0.15) is 0 Å². The van der Waals surface area contributed by atoms with Gasteiger partial charge in [0.25, 0.3) is 5.91 Å². The predicted octanol–water partition coefficient (Wildman–Crippen LogP) is 2.81. The average molecular weight is 222 g/mol. The Hall–Kier alpha value is -2.60. The van der Waals surface area contributed by atoms with Crippen LogP contribution in [0.25, 0.3) is 0 Å². The molecular formula is C14H10N2O.